The first-order chi connectivity index (χ1) is 13.2. The number of nitrogens with zero attached hydrogens (tertiary/aromatic N) is 3. The van der Waals surface area contributed by atoms with Crippen LogP contribution in [0.1, 0.15) is 22.6 Å². The first-order valence-corrected chi connectivity index (χ1v) is 8.08. The van der Waals surface area contributed by atoms with Gasteiger partial charge in [-0.1, -0.05) is 5.16 Å². The SMILES string of the molecule is Cc1cncc(COC(=O)Nc2ccc(-c3noc(C(F)(F)F)n3)cc2C)c1. The van der Waals surface area contributed by atoms with Crippen LogP contribution in [0.2, 0.25) is 0 Å². The Kier molecular flexibility index (Phi) is 5.30. The van der Waals surface area contributed by atoms with Gasteiger partial charge in [-0.2, -0.15) is 18.2 Å². The number of hydrogen-bond acceptors (Lipinski definition) is 6. The normalized spacial score (nSPS) is 11.3. The van der Waals surface area contributed by atoms with Crippen LogP contribution in [0.15, 0.2) is 41.2 Å². The van der Waals surface area contributed by atoms with Crippen LogP contribution in [0.3, 0.4) is 0 Å². The number of halogens is 3. The highest BCUT2D eigenvalue weighted by atomic mass is 19.4. The molecule has 2 heterocycles. The van der Waals surface area contributed by atoms with Gasteiger partial charge in [-0.15, -0.1) is 0 Å². The standard InChI is InChI=1S/C18H15F3N4O3/c1-10-5-12(8-22-7-10)9-27-17(26)23-14-4-3-13(6-11(14)2)15-24-16(28-25-15)18(19,20)21/h3-8H,9H2,1-2H3,(H,23,26). The lowest BCUT2D eigenvalue weighted by Gasteiger charge is -2.10. The molecule has 0 aliphatic carbocycles. The lowest BCUT2D eigenvalue weighted by atomic mass is 10.1. The number of nitrogens with one attached hydrogen (secondary N) is 1. The van der Waals surface area contributed by atoms with Crippen molar-refractivity contribution in [2.24, 2.45) is 0 Å². The Morgan fingerprint density at radius 3 is 2.64 bits per heavy atom. The minimum Gasteiger partial charge on any atom is -0.444 e. The van der Waals surface area contributed by atoms with Crippen molar-refractivity contribution in [3.05, 3.63) is 59.2 Å². The molecular formula is C18H15F3N4O3. The fraction of sp³-hybridized carbons (Fsp3) is 0.222. The molecule has 0 spiro atoms. The topological polar surface area (TPSA) is 90.1 Å². The zero-order valence-corrected chi connectivity index (χ0v) is 14.9. The number of carbonyl (C=O) groups is 1. The van der Waals surface area contributed by atoms with Gasteiger partial charge < -0.3 is 9.26 Å². The van der Waals surface area contributed by atoms with Crippen molar-refractivity contribution in [3.8, 4) is 11.4 Å². The van der Waals surface area contributed by atoms with Crippen molar-refractivity contribution < 1.29 is 27.2 Å². The Bertz CT molecular complexity index is 1000. The number of hydrogen-bond donors (Lipinski definition) is 1. The fourth-order valence-electron chi connectivity index (χ4n) is 2.39. The molecule has 0 aliphatic heterocycles. The van der Waals surface area contributed by atoms with Crippen LogP contribution in [0.4, 0.5) is 23.7 Å². The minimum atomic E-state index is -4.71. The number of pyridine rings is 1. The van der Waals surface area contributed by atoms with E-state index in [1.807, 2.05) is 13.0 Å². The third-order valence-corrected chi connectivity index (χ3v) is 3.69. The maximum absolute atomic E-state index is 12.6. The van der Waals surface area contributed by atoms with E-state index in [-0.39, 0.29) is 12.4 Å². The number of aromatic nitrogens is 3. The molecule has 1 aromatic carbocycles. The number of alkyl halides is 3. The van der Waals surface area contributed by atoms with Gasteiger partial charge >= 0.3 is 18.2 Å². The Morgan fingerprint density at radius 2 is 2.00 bits per heavy atom. The zero-order valence-electron chi connectivity index (χ0n) is 14.9. The van der Waals surface area contributed by atoms with E-state index >= 15 is 0 Å². The summed E-state index contributed by atoms with van der Waals surface area (Å²) in [4.78, 5) is 19.3. The van der Waals surface area contributed by atoms with Crippen LogP contribution in [0.25, 0.3) is 11.4 Å². The second-order valence-electron chi connectivity index (χ2n) is 6.02. The van der Waals surface area contributed by atoms with E-state index in [9.17, 15) is 18.0 Å². The highest BCUT2D eigenvalue weighted by molar-refractivity contribution is 5.86. The quantitative estimate of drug-likeness (QED) is 0.702. The van der Waals surface area contributed by atoms with Crippen LogP contribution < -0.4 is 5.32 Å². The predicted molar refractivity (Wildman–Crippen MR) is 92.3 cm³/mol. The monoisotopic (exact) mass is 392 g/mol. The van der Waals surface area contributed by atoms with E-state index in [4.69, 9.17) is 4.74 Å². The highest BCUT2D eigenvalue weighted by Crippen LogP contribution is 2.30. The molecule has 10 heteroatoms. The summed E-state index contributed by atoms with van der Waals surface area (Å²) in [6.45, 7) is 3.61. The molecule has 0 fully saturated rings. The molecule has 146 valence electrons. The molecule has 1 N–H and O–H groups in total. The number of benzene rings is 1. The van der Waals surface area contributed by atoms with Crippen molar-refractivity contribution in [1.29, 1.82) is 0 Å². The summed E-state index contributed by atoms with van der Waals surface area (Å²) in [5, 5.41) is 5.91. The molecule has 1 amide bonds. The van der Waals surface area contributed by atoms with E-state index in [0.717, 1.165) is 11.1 Å². The molecule has 0 aliphatic rings. The van der Waals surface area contributed by atoms with E-state index < -0.39 is 18.2 Å². The highest BCUT2D eigenvalue weighted by Gasteiger charge is 2.38. The zero-order chi connectivity index (χ0) is 20.3. The average Bonchev–Trinajstić information content (AvgIpc) is 3.12. The molecule has 0 radical (unpaired) electrons. The molecule has 7 nitrogen and oxygen atoms in total. The van der Waals surface area contributed by atoms with Crippen molar-refractivity contribution in [3.63, 3.8) is 0 Å². The summed E-state index contributed by atoms with van der Waals surface area (Å²) >= 11 is 0. The molecule has 2 aromatic heterocycles. The van der Waals surface area contributed by atoms with Crippen molar-refractivity contribution >= 4 is 11.8 Å². The predicted octanol–water partition coefficient (Wildman–Crippen LogP) is 4.52. The van der Waals surface area contributed by atoms with Crippen molar-refractivity contribution in [2.45, 2.75) is 26.6 Å². The van der Waals surface area contributed by atoms with Gasteiger partial charge in [-0.25, -0.2) is 4.79 Å². The number of rotatable bonds is 4. The van der Waals surface area contributed by atoms with Crippen LogP contribution in [0, 0.1) is 13.8 Å². The number of aryl methyl sites for hydroxylation is 2. The lowest BCUT2D eigenvalue weighted by molar-refractivity contribution is -0.159. The van der Waals surface area contributed by atoms with E-state index in [2.05, 4.69) is 25.0 Å². The minimum absolute atomic E-state index is 0.0563. The maximum atomic E-state index is 12.6. The molecule has 3 aromatic rings. The summed E-state index contributed by atoms with van der Waals surface area (Å²) in [5.74, 6) is -1.62. The molecule has 3 rings (SSSR count). The molecule has 0 saturated carbocycles. The lowest BCUT2D eigenvalue weighted by Crippen LogP contribution is -2.14. The van der Waals surface area contributed by atoms with E-state index in [1.54, 1.807) is 19.3 Å². The van der Waals surface area contributed by atoms with Crippen LogP contribution in [0.5, 0.6) is 0 Å². The second kappa shape index (κ2) is 7.67. The molecular weight excluding hydrogens is 377 g/mol. The van der Waals surface area contributed by atoms with Gasteiger partial charge in [0.05, 0.1) is 0 Å². The van der Waals surface area contributed by atoms with Gasteiger partial charge in [0.2, 0.25) is 5.82 Å². The number of anilines is 1. The van der Waals surface area contributed by atoms with Gasteiger partial charge in [0, 0.05) is 29.2 Å². The van der Waals surface area contributed by atoms with Gasteiger partial charge in [-0.3, -0.25) is 10.3 Å². The Hall–Kier alpha value is -3.43. The number of ether oxygens (including phenoxy) is 1. The summed E-state index contributed by atoms with van der Waals surface area (Å²) in [6.07, 6.45) is -2.09. The molecule has 0 bridgehead atoms. The fourth-order valence-corrected chi connectivity index (χ4v) is 2.39. The largest absolute Gasteiger partial charge is 0.471 e. The molecule has 0 atom stereocenters. The van der Waals surface area contributed by atoms with Gasteiger partial charge in [0.1, 0.15) is 6.61 Å². The smallest absolute Gasteiger partial charge is 0.444 e. The van der Waals surface area contributed by atoms with Crippen molar-refractivity contribution in [2.75, 3.05) is 5.32 Å². The molecule has 28 heavy (non-hydrogen) atoms. The Balaban J connectivity index is 1.65. The molecule has 0 saturated heterocycles. The van der Waals surface area contributed by atoms with E-state index in [1.165, 1.54) is 18.2 Å². The Morgan fingerprint density at radius 1 is 1.21 bits per heavy atom. The first kappa shape index (κ1) is 19.3. The summed E-state index contributed by atoms with van der Waals surface area (Å²) in [7, 11) is 0. The summed E-state index contributed by atoms with van der Waals surface area (Å²) in [6, 6.07) is 6.37. The summed E-state index contributed by atoms with van der Waals surface area (Å²) < 4.78 is 47.0. The first-order valence-electron chi connectivity index (χ1n) is 8.08. The second-order valence-corrected chi connectivity index (χ2v) is 6.02. The molecule has 0 unspecified atom stereocenters. The van der Waals surface area contributed by atoms with Crippen LogP contribution in [-0.2, 0) is 17.5 Å². The maximum Gasteiger partial charge on any atom is 0.471 e. The van der Waals surface area contributed by atoms with Gasteiger partial charge in [-0.05, 0) is 49.2 Å². The van der Waals surface area contributed by atoms with E-state index in [0.29, 0.717) is 16.8 Å². The third-order valence-electron chi connectivity index (χ3n) is 3.69. The number of amides is 1. The number of carbonyl (C=O) groups excluding carboxylic acids is 1. The van der Waals surface area contributed by atoms with Crippen molar-refractivity contribution in [1.82, 2.24) is 15.1 Å². The van der Waals surface area contributed by atoms with Crippen LogP contribution in [-0.4, -0.2) is 21.2 Å². The summed E-state index contributed by atoms with van der Waals surface area (Å²) in [5.41, 5.74) is 3.05. The average molecular weight is 392 g/mol. The van der Waals surface area contributed by atoms with Crippen LogP contribution >= 0.6 is 0 Å². The van der Waals surface area contributed by atoms with Gasteiger partial charge in [0.25, 0.3) is 0 Å². The Labute approximate surface area is 157 Å². The third kappa shape index (κ3) is 4.64. The van der Waals surface area contributed by atoms with Gasteiger partial charge in [0.15, 0.2) is 0 Å².